The topological polar surface area (TPSA) is 101 Å². The Balaban J connectivity index is 2.21. The Morgan fingerprint density at radius 3 is 1.97 bits per heavy atom. The smallest absolute Gasteiger partial charge is 0.348 e. The number of rotatable bonds is 6. The van der Waals surface area contributed by atoms with E-state index in [1.54, 1.807) is 31.2 Å². The van der Waals surface area contributed by atoms with Crippen molar-refractivity contribution in [2.24, 2.45) is 0 Å². The van der Waals surface area contributed by atoms with Gasteiger partial charge in [0.15, 0.2) is 22.7 Å². The number of methoxy groups -OCH3 is 4. The van der Waals surface area contributed by atoms with Gasteiger partial charge < -0.3 is 32.9 Å². The van der Waals surface area contributed by atoms with Crippen molar-refractivity contribution in [2.75, 3.05) is 28.4 Å². The van der Waals surface area contributed by atoms with Crippen LogP contribution in [0.25, 0.3) is 38.6 Å². The molecule has 0 spiro atoms. The number of allylic oxidation sites excluding steroid dienone is 1. The molecule has 2 aromatic heterocycles. The van der Waals surface area contributed by atoms with Crippen LogP contribution in [0.15, 0.2) is 44.5 Å². The second-order valence-electron chi connectivity index (χ2n) is 7.06. The molecule has 0 aliphatic carbocycles. The summed E-state index contributed by atoms with van der Waals surface area (Å²) < 4.78 is 33.5. The standard InChI is InChI=1S/C24H22O8/c1-11(2)18-20(29-5)16-19(28-4)15-17(25)14(12-7-9-13(27-3)10-8-12)24(26)32-21(15)23(30-6)22(16)31-18/h7-10,25H,1H2,2-6H3. The maximum Gasteiger partial charge on any atom is 0.348 e. The van der Waals surface area contributed by atoms with E-state index in [2.05, 4.69) is 6.58 Å². The molecule has 0 aliphatic heterocycles. The van der Waals surface area contributed by atoms with Crippen molar-refractivity contribution >= 4 is 27.5 Å². The van der Waals surface area contributed by atoms with Gasteiger partial charge >= 0.3 is 5.63 Å². The summed E-state index contributed by atoms with van der Waals surface area (Å²) in [4.78, 5) is 12.9. The molecule has 32 heavy (non-hydrogen) atoms. The van der Waals surface area contributed by atoms with Crippen molar-refractivity contribution in [3.05, 3.63) is 47.0 Å². The van der Waals surface area contributed by atoms with Gasteiger partial charge in [-0.2, -0.15) is 0 Å². The van der Waals surface area contributed by atoms with Crippen molar-refractivity contribution in [1.29, 1.82) is 0 Å². The molecule has 166 valence electrons. The van der Waals surface area contributed by atoms with Crippen molar-refractivity contribution in [3.8, 4) is 39.9 Å². The van der Waals surface area contributed by atoms with E-state index in [1.807, 2.05) is 0 Å². The van der Waals surface area contributed by atoms with Gasteiger partial charge in [-0.3, -0.25) is 0 Å². The van der Waals surface area contributed by atoms with Gasteiger partial charge in [0.25, 0.3) is 0 Å². The Morgan fingerprint density at radius 2 is 1.44 bits per heavy atom. The van der Waals surface area contributed by atoms with E-state index in [1.165, 1.54) is 28.4 Å². The van der Waals surface area contributed by atoms with Gasteiger partial charge in [0.1, 0.15) is 33.6 Å². The summed E-state index contributed by atoms with van der Waals surface area (Å²) in [6, 6.07) is 6.66. The molecule has 0 saturated heterocycles. The quantitative estimate of drug-likeness (QED) is 0.421. The van der Waals surface area contributed by atoms with E-state index in [0.29, 0.717) is 33.8 Å². The van der Waals surface area contributed by atoms with Crippen LogP contribution in [0.1, 0.15) is 12.7 Å². The first-order chi connectivity index (χ1) is 15.4. The van der Waals surface area contributed by atoms with Crippen LogP contribution in [0, 0.1) is 0 Å². The monoisotopic (exact) mass is 438 g/mol. The van der Waals surface area contributed by atoms with Gasteiger partial charge in [-0.25, -0.2) is 4.79 Å². The summed E-state index contributed by atoms with van der Waals surface area (Å²) in [5.74, 6) is 1.36. The van der Waals surface area contributed by atoms with E-state index in [4.69, 9.17) is 27.8 Å². The Kier molecular flexibility index (Phi) is 5.22. The maximum absolute atomic E-state index is 12.9. The number of hydrogen-bond donors (Lipinski definition) is 1. The van der Waals surface area contributed by atoms with Crippen LogP contribution in [-0.2, 0) is 0 Å². The van der Waals surface area contributed by atoms with E-state index >= 15 is 0 Å². The fraction of sp³-hybridized carbons (Fsp3) is 0.208. The average molecular weight is 438 g/mol. The third kappa shape index (κ3) is 2.95. The van der Waals surface area contributed by atoms with Gasteiger partial charge in [0.05, 0.1) is 28.4 Å². The predicted octanol–water partition coefficient (Wildman–Crippen LogP) is 4.98. The molecule has 8 nitrogen and oxygen atoms in total. The molecule has 0 unspecified atom stereocenters. The zero-order chi connectivity index (χ0) is 23.2. The van der Waals surface area contributed by atoms with E-state index < -0.39 is 5.63 Å². The molecule has 4 rings (SSSR count). The molecule has 0 atom stereocenters. The summed E-state index contributed by atoms with van der Waals surface area (Å²) in [5.41, 5.74) is 0.506. The number of benzene rings is 2. The highest BCUT2D eigenvalue weighted by atomic mass is 16.5. The summed E-state index contributed by atoms with van der Waals surface area (Å²) in [7, 11) is 5.87. The minimum absolute atomic E-state index is 0.0127. The largest absolute Gasteiger partial charge is 0.506 e. The van der Waals surface area contributed by atoms with Gasteiger partial charge in [-0.15, -0.1) is 0 Å². The van der Waals surface area contributed by atoms with Crippen molar-refractivity contribution in [2.45, 2.75) is 6.92 Å². The number of hydrogen-bond acceptors (Lipinski definition) is 8. The summed E-state index contributed by atoms with van der Waals surface area (Å²) in [6.45, 7) is 5.68. The Bertz CT molecular complexity index is 1410. The lowest BCUT2D eigenvalue weighted by Crippen LogP contribution is -2.05. The number of ether oxygens (including phenoxy) is 4. The van der Waals surface area contributed by atoms with Crippen LogP contribution < -0.4 is 24.6 Å². The molecule has 0 amide bonds. The first-order valence-corrected chi connectivity index (χ1v) is 9.62. The first-order valence-electron chi connectivity index (χ1n) is 9.62. The van der Waals surface area contributed by atoms with Crippen molar-refractivity contribution in [3.63, 3.8) is 0 Å². The lowest BCUT2D eigenvalue weighted by molar-refractivity contribution is 0.394. The highest BCUT2D eigenvalue weighted by molar-refractivity contribution is 6.13. The number of fused-ring (bicyclic) bond motifs is 2. The highest BCUT2D eigenvalue weighted by Crippen LogP contribution is 2.53. The third-order valence-electron chi connectivity index (χ3n) is 5.21. The van der Waals surface area contributed by atoms with Crippen LogP contribution in [0.2, 0.25) is 0 Å². The summed E-state index contributed by atoms with van der Waals surface area (Å²) in [6.07, 6.45) is 0. The van der Waals surface area contributed by atoms with Crippen LogP contribution in [0.3, 0.4) is 0 Å². The van der Waals surface area contributed by atoms with E-state index in [9.17, 15) is 9.90 Å². The Morgan fingerprint density at radius 1 is 0.844 bits per heavy atom. The molecule has 0 radical (unpaired) electrons. The third-order valence-corrected chi connectivity index (χ3v) is 5.21. The first kappa shape index (κ1) is 21.2. The zero-order valence-electron chi connectivity index (χ0n) is 18.3. The second kappa shape index (κ2) is 7.88. The van der Waals surface area contributed by atoms with Crippen LogP contribution in [0.4, 0.5) is 0 Å². The molecule has 2 heterocycles. The van der Waals surface area contributed by atoms with Crippen molar-refractivity contribution in [1.82, 2.24) is 0 Å². The lowest BCUT2D eigenvalue weighted by atomic mass is 10.0. The molecule has 8 heteroatoms. The predicted molar refractivity (Wildman–Crippen MR) is 120 cm³/mol. The summed E-state index contributed by atoms with van der Waals surface area (Å²) >= 11 is 0. The molecule has 2 aromatic carbocycles. The summed E-state index contributed by atoms with van der Waals surface area (Å²) in [5, 5.41) is 11.8. The fourth-order valence-electron chi connectivity index (χ4n) is 3.78. The molecular weight excluding hydrogens is 416 g/mol. The van der Waals surface area contributed by atoms with Crippen molar-refractivity contribution < 1.29 is 32.9 Å². The Hall–Kier alpha value is -4.07. The van der Waals surface area contributed by atoms with Gasteiger partial charge in [0, 0.05) is 0 Å². The minimum Gasteiger partial charge on any atom is -0.506 e. The molecule has 4 aromatic rings. The lowest BCUT2D eigenvalue weighted by Gasteiger charge is -2.14. The Labute approximate surface area is 183 Å². The number of aromatic hydroxyl groups is 1. The van der Waals surface area contributed by atoms with Crippen LogP contribution in [-0.4, -0.2) is 33.5 Å². The van der Waals surface area contributed by atoms with Gasteiger partial charge in [0.2, 0.25) is 5.75 Å². The fourth-order valence-corrected chi connectivity index (χ4v) is 3.78. The molecular formula is C24H22O8. The van der Waals surface area contributed by atoms with Crippen LogP contribution >= 0.6 is 0 Å². The maximum atomic E-state index is 12.9. The molecule has 1 N–H and O–H groups in total. The molecule has 0 aliphatic rings. The number of furan rings is 1. The SMILES string of the molecule is C=C(C)c1oc2c(OC)c3oc(=O)c(-c4ccc(OC)cc4)c(O)c3c(OC)c2c1OC. The normalized spacial score (nSPS) is 11.0. The highest BCUT2D eigenvalue weighted by Gasteiger charge is 2.31. The average Bonchev–Trinajstić information content (AvgIpc) is 3.17. The molecule has 0 bridgehead atoms. The van der Waals surface area contributed by atoms with Gasteiger partial charge in [-0.1, -0.05) is 18.7 Å². The molecule has 0 fully saturated rings. The second-order valence-corrected chi connectivity index (χ2v) is 7.06. The zero-order valence-corrected chi connectivity index (χ0v) is 18.3. The van der Waals surface area contributed by atoms with Crippen LogP contribution in [0.5, 0.6) is 28.7 Å². The molecule has 0 saturated carbocycles. The van der Waals surface area contributed by atoms with Gasteiger partial charge in [-0.05, 0) is 30.2 Å². The minimum atomic E-state index is -0.751. The van der Waals surface area contributed by atoms with E-state index in [-0.39, 0.29) is 39.4 Å². The van der Waals surface area contributed by atoms with E-state index in [0.717, 1.165) is 0 Å².